The van der Waals surface area contributed by atoms with E-state index in [1.807, 2.05) is 6.92 Å². The van der Waals surface area contributed by atoms with E-state index in [4.69, 9.17) is 16.3 Å². The van der Waals surface area contributed by atoms with Crippen LogP contribution in [0, 0.1) is 6.92 Å². The second-order valence-corrected chi connectivity index (χ2v) is 6.45. The summed E-state index contributed by atoms with van der Waals surface area (Å²) in [5.41, 5.74) is 6.61. The zero-order valence-corrected chi connectivity index (χ0v) is 11.4. The van der Waals surface area contributed by atoms with E-state index >= 15 is 0 Å². The molecule has 104 valence electrons. The van der Waals surface area contributed by atoms with Crippen LogP contribution in [-0.4, -0.2) is 32.7 Å². The van der Waals surface area contributed by atoms with Gasteiger partial charge in [0.25, 0.3) is 0 Å². The highest BCUT2D eigenvalue weighted by Gasteiger charge is 2.25. The van der Waals surface area contributed by atoms with Gasteiger partial charge in [-0.15, -0.1) is 0 Å². The van der Waals surface area contributed by atoms with E-state index in [1.165, 1.54) is 23.3 Å². The van der Waals surface area contributed by atoms with Crippen molar-refractivity contribution in [2.75, 3.05) is 13.2 Å². The van der Waals surface area contributed by atoms with Crippen LogP contribution in [0.2, 0.25) is 0 Å². The van der Waals surface area contributed by atoms with Crippen molar-refractivity contribution in [2.24, 2.45) is 11.6 Å². The van der Waals surface area contributed by atoms with E-state index in [1.54, 1.807) is 12.1 Å². The Bertz CT molecular complexity index is 577. The van der Waals surface area contributed by atoms with E-state index in [0.29, 0.717) is 13.2 Å². The van der Waals surface area contributed by atoms with Crippen molar-refractivity contribution in [3.8, 4) is 0 Å². The zero-order chi connectivity index (χ0) is 14.0. The molecule has 0 unspecified atom stereocenters. The normalized spacial score (nSPS) is 19.3. The second-order valence-electron chi connectivity index (χ2n) is 4.50. The summed E-state index contributed by atoms with van der Waals surface area (Å²) in [6.45, 7) is 2.95. The van der Waals surface area contributed by atoms with Crippen LogP contribution in [0.3, 0.4) is 0 Å². The highest BCUT2D eigenvalue weighted by atomic mass is 32.2. The van der Waals surface area contributed by atoms with Gasteiger partial charge in [0.2, 0.25) is 9.84 Å². The van der Waals surface area contributed by atoms with Gasteiger partial charge in [0.05, 0.1) is 30.4 Å². The van der Waals surface area contributed by atoms with Gasteiger partial charge in [-0.05, 0) is 19.1 Å². The van der Waals surface area contributed by atoms with Gasteiger partial charge in [-0.2, -0.15) is 0 Å². The summed E-state index contributed by atoms with van der Waals surface area (Å²) in [4.78, 5) is 0.155. The van der Waals surface area contributed by atoms with Crippen LogP contribution < -0.4 is 11.6 Å². The first-order valence-corrected chi connectivity index (χ1v) is 7.30. The van der Waals surface area contributed by atoms with Crippen molar-refractivity contribution >= 4 is 9.84 Å². The molecule has 4 N–H and O–H groups in total. The van der Waals surface area contributed by atoms with Crippen LogP contribution in [0.25, 0.3) is 0 Å². The van der Waals surface area contributed by atoms with Gasteiger partial charge in [0.1, 0.15) is 5.03 Å². The van der Waals surface area contributed by atoms with Crippen LogP contribution >= 0.6 is 0 Å². The molecule has 2 rings (SSSR count). The lowest BCUT2D eigenvalue weighted by atomic mass is 10.2. The number of sulfone groups is 1. The lowest BCUT2D eigenvalue weighted by molar-refractivity contribution is 0.315. The zero-order valence-electron chi connectivity index (χ0n) is 10.6. The molecule has 0 aliphatic carbocycles. The van der Waals surface area contributed by atoms with E-state index in [0.717, 1.165) is 5.56 Å². The summed E-state index contributed by atoms with van der Waals surface area (Å²) in [5.74, 6) is 5.65. The van der Waals surface area contributed by atoms with Gasteiger partial charge in [-0.1, -0.05) is 17.7 Å². The molecule has 0 saturated carbocycles. The third-order valence-electron chi connectivity index (χ3n) is 2.75. The van der Waals surface area contributed by atoms with Crippen molar-refractivity contribution < 1.29 is 13.2 Å². The van der Waals surface area contributed by atoms with Crippen molar-refractivity contribution in [2.45, 2.75) is 17.9 Å². The number of nitrogens with zero attached hydrogens (tertiary/aromatic N) is 1. The van der Waals surface area contributed by atoms with Gasteiger partial charge in [0, 0.05) is 0 Å². The van der Waals surface area contributed by atoms with Crippen LogP contribution in [0.4, 0.5) is 0 Å². The van der Waals surface area contributed by atoms with Gasteiger partial charge >= 0.3 is 0 Å². The third kappa shape index (κ3) is 3.46. The number of rotatable bonds is 5. The molecule has 0 aromatic heterocycles. The van der Waals surface area contributed by atoms with Crippen molar-refractivity contribution in [1.82, 2.24) is 5.01 Å². The Morgan fingerprint density at radius 2 is 2.05 bits per heavy atom. The number of epoxide rings is 1. The van der Waals surface area contributed by atoms with Gasteiger partial charge in [-0.3, -0.25) is 0 Å². The van der Waals surface area contributed by atoms with Crippen LogP contribution in [-0.2, 0) is 14.6 Å². The molecular weight excluding hydrogens is 266 g/mol. The molecule has 0 radical (unpaired) electrons. The number of aryl methyl sites for hydroxylation is 1. The highest BCUT2D eigenvalue weighted by Crippen LogP contribution is 2.17. The molecule has 1 heterocycles. The molecule has 1 aromatic carbocycles. The molecule has 1 aliphatic rings. The monoisotopic (exact) mass is 283 g/mol. The third-order valence-corrected chi connectivity index (χ3v) is 4.37. The van der Waals surface area contributed by atoms with E-state index in [2.05, 4.69) is 0 Å². The van der Waals surface area contributed by atoms with Crippen molar-refractivity contribution in [3.63, 3.8) is 0 Å². The van der Waals surface area contributed by atoms with Crippen molar-refractivity contribution in [1.29, 1.82) is 0 Å². The summed E-state index contributed by atoms with van der Waals surface area (Å²) in [6.07, 6.45) is 1.28. The largest absolute Gasteiger partial charge is 0.388 e. The quantitative estimate of drug-likeness (QED) is 0.451. The van der Waals surface area contributed by atoms with Crippen LogP contribution in [0.1, 0.15) is 5.56 Å². The fourth-order valence-electron chi connectivity index (χ4n) is 1.55. The average Bonchev–Trinajstić information content (AvgIpc) is 3.13. The SMILES string of the molecule is Cc1ccc(S(=O)(=O)/C(N)=C/N(N)C[C@@H]2CO2)cc1. The first-order chi connectivity index (χ1) is 8.89. The number of benzene rings is 1. The lowest BCUT2D eigenvalue weighted by Crippen LogP contribution is -2.31. The summed E-state index contributed by atoms with van der Waals surface area (Å²) >= 11 is 0. The Morgan fingerprint density at radius 1 is 1.47 bits per heavy atom. The molecule has 6 nitrogen and oxygen atoms in total. The minimum absolute atomic E-state index is 0.0659. The summed E-state index contributed by atoms with van der Waals surface area (Å²) < 4.78 is 29.4. The molecule has 1 atom stereocenters. The van der Waals surface area contributed by atoms with E-state index in [-0.39, 0.29) is 16.0 Å². The Labute approximate surface area is 112 Å². The second kappa shape index (κ2) is 5.20. The Morgan fingerprint density at radius 3 is 2.58 bits per heavy atom. The minimum Gasteiger partial charge on any atom is -0.388 e. The Balaban J connectivity index is 2.17. The number of hydrogen-bond donors (Lipinski definition) is 2. The fraction of sp³-hybridized carbons (Fsp3) is 0.333. The number of hydrogen-bond acceptors (Lipinski definition) is 6. The van der Waals surface area contributed by atoms with Gasteiger partial charge < -0.3 is 15.5 Å². The predicted octanol–water partition coefficient (Wildman–Crippen LogP) is 0.101. The topological polar surface area (TPSA) is 102 Å². The molecule has 0 amide bonds. The highest BCUT2D eigenvalue weighted by molar-refractivity contribution is 7.95. The first-order valence-electron chi connectivity index (χ1n) is 5.81. The summed E-state index contributed by atoms with van der Waals surface area (Å²) in [6, 6.07) is 6.49. The van der Waals surface area contributed by atoms with E-state index in [9.17, 15) is 8.42 Å². The van der Waals surface area contributed by atoms with Crippen LogP contribution in [0.5, 0.6) is 0 Å². The molecule has 7 heteroatoms. The smallest absolute Gasteiger partial charge is 0.222 e. The molecular formula is C12H17N3O3S. The average molecular weight is 283 g/mol. The Hall–Kier alpha value is -1.57. The molecule has 0 spiro atoms. The standard InChI is InChI=1S/C12H17N3O3S/c1-9-2-4-11(5-3-9)19(16,17)12(13)7-15(14)6-10-8-18-10/h2-5,7,10H,6,8,13-14H2,1H3/b12-7+/t10-/m1/s1. The minimum atomic E-state index is -3.69. The molecule has 1 fully saturated rings. The first kappa shape index (κ1) is 13.9. The Kier molecular flexibility index (Phi) is 3.79. The summed E-state index contributed by atoms with van der Waals surface area (Å²) in [5, 5.41) is 0.957. The number of hydrazine groups is 1. The number of nitrogens with two attached hydrogens (primary N) is 2. The van der Waals surface area contributed by atoms with E-state index < -0.39 is 9.84 Å². The molecule has 1 aromatic rings. The predicted molar refractivity (Wildman–Crippen MR) is 71.3 cm³/mol. The maximum absolute atomic E-state index is 12.2. The maximum Gasteiger partial charge on any atom is 0.222 e. The lowest BCUT2D eigenvalue weighted by Gasteiger charge is -2.13. The van der Waals surface area contributed by atoms with Crippen molar-refractivity contribution in [3.05, 3.63) is 41.1 Å². The molecule has 0 bridgehead atoms. The molecule has 1 saturated heterocycles. The molecule has 19 heavy (non-hydrogen) atoms. The number of ether oxygens (including phenoxy) is 1. The fourth-order valence-corrected chi connectivity index (χ4v) is 2.59. The van der Waals surface area contributed by atoms with Crippen LogP contribution in [0.15, 0.2) is 40.4 Å². The van der Waals surface area contributed by atoms with Gasteiger partial charge in [-0.25, -0.2) is 14.3 Å². The summed E-state index contributed by atoms with van der Waals surface area (Å²) in [7, 11) is -3.69. The van der Waals surface area contributed by atoms with Gasteiger partial charge in [0.15, 0.2) is 0 Å². The molecule has 1 aliphatic heterocycles. The maximum atomic E-state index is 12.2.